The Labute approximate surface area is 132 Å². The van der Waals surface area contributed by atoms with Gasteiger partial charge in [-0.1, -0.05) is 12.1 Å². The van der Waals surface area contributed by atoms with E-state index in [-0.39, 0.29) is 18.2 Å². The van der Waals surface area contributed by atoms with Crippen molar-refractivity contribution >= 4 is 15.7 Å². The van der Waals surface area contributed by atoms with E-state index in [1.807, 2.05) is 0 Å². The summed E-state index contributed by atoms with van der Waals surface area (Å²) in [5, 5.41) is 15.3. The second-order valence-corrected chi connectivity index (χ2v) is 7.33. The zero-order valence-electron chi connectivity index (χ0n) is 12.2. The Morgan fingerprint density at radius 2 is 1.96 bits per heavy atom. The third-order valence-corrected chi connectivity index (χ3v) is 5.12. The lowest BCUT2D eigenvalue weighted by Crippen LogP contribution is -2.35. The van der Waals surface area contributed by atoms with Crippen LogP contribution in [0.5, 0.6) is 0 Å². The van der Waals surface area contributed by atoms with Crippen LogP contribution in [0.25, 0.3) is 0 Å². The molecule has 6 nitrogen and oxygen atoms in total. The van der Waals surface area contributed by atoms with Gasteiger partial charge < -0.3 is 15.7 Å². The van der Waals surface area contributed by atoms with Crippen LogP contribution in [0.1, 0.15) is 5.56 Å². The molecule has 1 aromatic rings. The van der Waals surface area contributed by atoms with Gasteiger partial charge in [0.15, 0.2) is 0 Å². The van der Waals surface area contributed by atoms with E-state index in [0.717, 1.165) is 12.1 Å². The molecule has 1 heterocycles. The van der Waals surface area contributed by atoms with Crippen LogP contribution in [0, 0.1) is 5.92 Å². The number of aliphatic hydroxyl groups excluding tert-OH is 1. The van der Waals surface area contributed by atoms with E-state index >= 15 is 0 Å². The first-order chi connectivity index (χ1) is 10.8. The molecule has 2 atom stereocenters. The maximum atomic E-state index is 12.4. The van der Waals surface area contributed by atoms with Crippen molar-refractivity contribution in [1.29, 1.82) is 0 Å². The number of aliphatic hydroxyl groups is 1. The molecule has 1 fully saturated rings. The van der Waals surface area contributed by atoms with Crippen LogP contribution in [-0.2, 0) is 21.1 Å². The van der Waals surface area contributed by atoms with Gasteiger partial charge in [0.2, 0.25) is 15.7 Å². The van der Waals surface area contributed by atoms with Gasteiger partial charge in [-0.3, -0.25) is 4.79 Å². The molecule has 0 aromatic heterocycles. The molecule has 0 aliphatic carbocycles. The largest absolute Gasteiger partial charge is 0.391 e. The number of benzene rings is 1. The zero-order chi connectivity index (χ0) is 17.0. The molecule has 1 amide bonds. The molecule has 9 heteroatoms. The summed E-state index contributed by atoms with van der Waals surface area (Å²) in [6.45, 7) is 1.47. The molecule has 2 unspecified atom stereocenters. The number of carbonyl (C=O) groups excluding carboxylic acids is 1. The van der Waals surface area contributed by atoms with Crippen LogP contribution in [-0.4, -0.2) is 50.9 Å². The molecular weight excluding hydrogens is 330 g/mol. The normalized spacial score (nSPS) is 21.6. The zero-order valence-corrected chi connectivity index (χ0v) is 13.0. The summed E-state index contributed by atoms with van der Waals surface area (Å²) in [5.74, 6) is -3.80. The maximum absolute atomic E-state index is 12.4. The number of rotatable bonds is 6. The summed E-state index contributed by atoms with van der Waals surface area (Å²) in [5.41, 5.74) is 0.515. The first-order valence-electron chi connectivity index (χ1n) is 7.07. The van der Waals surface area contributed by atoms with Crippen LogP contribution in [0.15, 0.2) is 29.2 Å². The SMILES string of the molecule is O=C(Cc1ccc(S(=O)(=O)C(F)F)cc1)NCC1CNCC1O. The fraction of sp³-hybridized carbons (Fsp3) is 0.500. The van der Waals surface area contributed by atoms with Crippen molar-refractivity contribution in [2.75, 3.05) is 19.6 Å². The first kappa shape index (κ1) is 17.8. The molecular formula is C14H18F2N2O4S. The number of nitrogens with one attached hydrogen (secondary N) is 2. The number of β-amino-alcohol motifs (C(OH)–C–C–N with tert-alkyl or cyclic N) is 1. The topological polar surface area (TPSA) is 95.5 Å². The molecule has 1 aliphatic heterocycles. The van der Waals surface area contributed by atoms with Gasteiger partial charge in [-0.15, -0.1) is 0 Å². The Bertz CT molecular complexity index is 649. The molecule has 23 heavy (non-hydrogen) atoms. The number of amides is 1. The van der Waals surface area contributed by atoms with Crippen LogP contribution < -0.4 is 10.6 Å². The molecule has 3 N–H and O–H groups in total. The van der Waals surface area contributed by atoms with Gasteiger partial charge in [0.25, 0.3) is 0 Å². The summed E-state index contributed by atoms with van der Waals surface area (Å²) in [6, 6.07) is 4.80. The first-order valence-corrected chi connectivity index (χ1v) is 8.62. The van der Waals surface area contributed by atoms with Gasteiger partial charge in [-0.25, -0.2) is 8.42 Å². The van der Waals surface area contributed by atoms with Gasteiger partial charge in [-0.05, 0) is 17.7 Å². The molecule has 0 bridgehead atoms. The lowest BCUT2D eigenvalue weighted by atomic mass is 10.1. The van der Waals surface area contributed by atoms with Crippen molar-refractivity contribution in [3.05, 3.63) is 29.8 Å². The fourth-order valence-electron chi connectivity index (χ4n) is 2.32. The number of alkyl halides is 2. The lowest BCUT2D eigenvalue weighted by Gasteiger charge is -2.14. The molecule has 0 spiro atoms. The molecule has 0 radical (unpaired) electrons. The van der Waals surface area contributed by atoms with Crippen LogP contribution in [0.3, 0.4) is 0 Å². The minimum absolute atomic E-state index is 0.00521. The Morgan fingerprint density at radius 1 is 1.30 bits per heavy atom. The third-order valence-electron chi connectivity index (χ3n) is 3.72. The number of hydrogen-bond donors (Lipinski definition) is 3. The Hall–Kier alpha value is -1.58. The smallest absolute Gasteiger partial charge is 0.341 e. The van der Waals surface area contributed by atoms with Crippen LogP contribution in [0.4, 0.5) is 8.78 Å². The van der Waals surface area contributed by atoms with Crippen molar-refractivity contribution in [3.63, 3.8) is 0 Å². The quantitative estimate of drug-likeness (QED) is 0.668. The molecule has 2 rings (SSSR count). The van der Waals surface area contributed by atoms with Gasteiger partial charge in [0.05, 0.1) is 17.4 Å². The molecule has 1 aliphatic rings. The van der Waals surface area contributed by atoms with Crippen molar-refractivity contribution in [3.8, 4) is 0 Å². The highest BCUT2D eigenvalue weighted by atomic mass is 32.2. The van der Waals surface area contributed by atoms with Crippen molar-refractivity contribution in [2.45, 2.75) is 23.2 Å². The van der Waals surface area contributed by atoms with E-state index in [4.69, 9.17) is 0 Å². The van der Waals surface area contributed by atoms with Crippen LogP contribution >= 0.6 is 0 Å². The second kappa shape index (κ2) is 7.33. The predicted molar refractivity (Wildman–Crippen MR) is 78.7 cm³/mol. The van der Waals surface area contributed by atoms with Gasteiger partial charge in [-0.2, -0.15) is 8.78 Å². The van der Waals surface area contributed by atoms with Crippen molar-refractivity contribution < 1.29 is 27.1 Å². The van der Waals surface area contributed by atoms with E-state index in [1.54, 1.807) is 0 Å². The number of sulfone groups is 1. The number of halogens is 2. The van der Waals surface area contributed by atoms with E-state index < -0.39 is 26.6 Å². The average molecular weight is 348 g/mol. The molecule has 1 aromatic carbocycles. The van der Waals surface area contributed by atoms with Crippen molar-refractivity contribution in [2.24, 2.45) is 5.92 Å². The Balaban J connectivity index is 1.89. The van der Waals surface area contributed by atoms with E-state index in [0.29, 0.717) is 25.2 Å². The van der Waals surface area contributed by atoms with E-state index in [9.17, 15) is 27.1 Å². The van der Waals surface area contributed by atoms with E-state index in [1.165, 1.54) is 12.1 Å². The van der Waals surface area contributed by atoms with Gasteiger partial charge in [0.1, 0.15) is 0 Å². The van der Waals surface area contributed by atoms with Gasteiger partial charge in [0, 0.05) is 25.6 Å². The highest BCUT2D eigenvalue weighted by molar-refractivity contribution is 7.91. The second-order valence-electron chi connectivity index (χ2n) is 5.42. The summed E-state index contributed by atoms with van der Waals surface area (Å²) in [4.78, 5) is 11.3. The van der Waals surface area contributed by atoms with Gasteiger partial charge >= 0.3 is 5.76 Å². The highest BCUT2D eigenvalue weighted by Crippen LogP contribution is 2.18. The van der Waals surface area contributed by atoms with Crippen molar-refractivity contribution in [1.82, 2.24) is 10.6 Å². The number of carbonyl (C=O) groups is 1. The minimum Gasteiger partial charge on any atom is -0.391 e. The Kier molecular flexibility index (Phi) is 5.66. The third kappa shape index (κ3) is 4.46. The van der Waals surface area contributed by atoms with E-state index in [2.05, 4.69) is 10.6 Å². The Morgan fingerprint density at radius 3 is 2.48 bits per heavy atom. The summed E-state index contributed by atoms with van der Waals surface area (Å²) in [6.07, 6.45) is -0.486. The molecule has 0 saturated carbocycles. The number of hydrogen-bond acceptors (Lipinski definition) is 5. The minimum atomic E-state index is -4.62. The monoisotopic (exact) mass is 348 g/mol. The lowest BCUT2D eigenvalue weighted by molar-refractivity contribution is -0.120. The standard InChI is InChI=1S/C14H18F2N2O4S/c15-14(16)23(21,22)11-3-1-9(2-4-11)5-13(20)18-7-10-6-17-8-12(10)19/h1-4,10,12,14,17,19H,5-8H2,(H,18,20). The predicted octanol–water partition coefficient (Wildman–Crippen LogP) is -0.0781. The maximum Gasteiger partial charge on any atom is 0.341 e. The molecule has 1 saturated heterocycles. The highest BCUT2D eigenvalue weighted by Gasteiger charge is 2.27. The fourth-order valence-corrected chi connectivity index (χ4v) is 3.04. The molecule has 128 valence electrons. The van der Waals surface area contributed by atoms with Crippen LogP contribution in [0.2, 0.25) is 0 Å². The summed E-state index contributed by atoms with van der Waals surface area (Å²) < 4.78 is 47.4. The summed E-state index contributed by atoms with van der Waals surface area (Å²) in [7, 11) is -4.62. The average Bonchev–Trinajstić information content (AvgIpc) is 2.91. The summed E-state index contributed by atoms with van der Waals surface area (Å²) >= 11 is 0.